The van der Waals surface area contributed by atoms with Crippen LogP contribution in [0.1, 0.15) is 5.56 Å². The van der Waals surface area contributed by atoms with Crippen molar-refractivity contribution < 1.29 is 4.39 Å². The SMILES string of the molecule is C=C1NC(N(C)C)=C(Nc2ccnc3cc[nH]c23)C=C1c1cc(Cl)ccc1F. The molecule has 1 aliphatic heterocycles. The summed E-state index contributed by atoms with van der Waals surface area (Å²) in [7, 11) is 3.85. The Morgan fingerprint density at radius 1 is 1.21 bits per heavy atom. The number of halogens is 2. The number of H-pyrrole nitrogens is 1. The molecule has 0 aliphatic carbocycles. The molecule has 2 aromatic heterocycles. The van der Waals surface area contributed by atoms with Crippen molar-refractivity contribution >= 4 is 33.9 Å². The second-order valence-electron chi connectivity index (χ2n) is 6.66. The molecule has 0 spiro atoms. The number of hydrogen-bond donors (Lipinski definition) is 3. The smallest absolute Gasteiger partial charge is 0.131 e. The summed E-state index contributed by atoms with van der Waals surface area (Å²) >= 11 is 6.09. The second-order valence-corrected chi connectivity index (χ2v) is 7.10. The summed E-state index contributed by atoms with van der Waals surface area (Å²) in [4.78, 5) is 9.46. The largest absolute Gasteiger partial charge is 0.363 e. The Hall–Kier alpha value is -3.25. The van der Waals surface area contributed by atoms with E-state index in [1.54, 1.807) is 12.3 Å². The molecule has 0 saturated heterocycles. The quantitative estimate of drug-likeness (QED) is 0.599. The van der Waals surface area contributed by atoms with Crippen LogP contribution in [0.2, 0.25) is 5.02 Å². The van der Waals surface area contributed by atoms with E-state index in [1.807, 2.05) is 43.4 Å². The van der Waals surface area contributed by atoms with Crippen LogP contribution in [0.25, 0.3) is 16.6 Å². The molecule has 4 rings (SSSR count). The first-order chi connectivity index (χ1) is 13.4. The number of allylic oxidation sites excluding steroid dienone is 2. The van der Waals surface area contributed by atoms with Gasteiger partial charge >= 0.3 is 0 Å². The number of dihydropyridines is 1. The summed E-state index contributed by atoms with van der Waals surface area (Å²) in [5, 5.41) is 7.16. The third-order valence-corrected chi connectivity index (χ3v) is 4.76. The van der Waals surface area contributed by atoms with Crippen molar-refractivity contribution in [2.75, 3.05) is 19.4 Å². The molecule has 1 aliphatic rings. The molecule has 0 unspecified atom stereocenters. The second kappa shape index (κ2) is 7.05. The van der Waals surface area contributed by atoms with Crippen LogP contribution in [0.3, 0.4) is 0 Å². The van der Waals surface area contributed by atoms with E-state index >= 15 is 0 Å². The number of aromatic nitrogens is 2. The highest BCUT2D eigenvalue weighted by Crippen LogP contribution is 2.32. The highest BCUT2D eigenvalue weighted by Gasteiger charge is 2.21. The van der Waals surface area contributed by atoms with Gasteiger partial charge in [0.15, 0.2) is 0 Å². The Labute approximate surface area is 167 Å². The number of hydrogen-bond acceptors (Lipinski definition) is 4. The van der Waals surface area contributed by atoms with Gasteiger partial charge in [0.25, 0.3) is 0 Å². The number of anilines is 1. The first kappa shape index (κ1) is 18.1. The maximum atomic E-state index is 14.5. The van der Waals surface area contributed by atoms with Crippen LogP contribution < -0.4 is 10.6 Å². The van der Waals surface area contributed by atoms with Crippen molar-refractivity contribution in [1.29, 1.82) is 0 Å². The molecule has 0 fully saturated rings. The van der Waals surface area contributed by atoms with Gasteiger partial charge in [-0.1, -0.05) is 18.2 Å². The van der Waals surface area contributed by atoms with Gasteiger partial charge in [-0.3, -0.25) is 4.98 Å². The van der Waals surface area contributed by atoms with Gasteiger partial charge in [0.2, 0.25) is 0 Å². The van der Waals surface area contributed by atoms with Crippen LogP contribution in [0.15, 0.2) is 72.6 Å². The summed E-state index contributed by atoms with van der Waals surface area (Å²) in [5.41, 5.74) is 4.99. The fourth-order valence-corrected chi connectivity index (χ4v) is 3.35. The minimum atomic E-state index is -0.359. The number of nitrogens with zero attached hydrogens (tertiary/aromatic N) is 2. The van der Waals surface area contributed by atoms with Crippen LogP contribution in [-0.4, -0.2) is 29.0 Å². The van der Waals surface area contributed by atoms with E-state index in [2.05, 4.69) is 27.2 Å². The fourth-order valence-electron chi connectivity index (χ4n) is 3.18. The molecule has 0 amide bonds. The highest BCUT2D eigenvalue weighted by atomic mass is 35.5. The molecule has 3 aromatic rings. The van der Waals surface area contributed by atoms with Crippen LogP contribution in [0, 0.1) is 5.82 Å². The first-order valence-electron chi connectivity index (χ1n) is 8.68. The average molecular weight is 396 g/mol. The zero-order valence-corrected chi connectivity index (χ0v) is 16.2. The number of aromatic amines is 1. The summed E-state index contributed by atoms with van der Waals surface area (Å²) in [6.45, 7) is 4.06. The van der Waals surface area contributed by atoms with E-state index in [1.165, 1.54) is 12.1 Å². The van der Waals surface area contributed by atoms with E-state index in [4.69, 9.17) is 11.6 Å². The van der Waals surface area contributed by atoms with Crippen LogP contribution >= 0.6 is 11.6 Å². The van der Waals surface area contributed by atoms with Gasteiger partial charge in [-0.2, -0.15) is 0 Å². The first-order valence-corrected chi connectivity index (χ1v) is 9.06. The predicted octanol–water partition coefficient (Wildman–Crippen LogP) is 4.70. The Bertz CT molecular complexity index is 1140. The molecule has 3 heterocycles. The number of nitrogens with one attached hydrogen (secondary N) is 3. The number of benzene rings is 1. The Morgan fingerprint density at radius 3 is 2.82 bits per heavy atom. The van der Waals surface area contributed by atoms with Crippen molar-refractivity contribution in [3.8, 4) is 0 Å². The lowest BCUT2D eigenvalue weighted by Crippen LogP contribution is -2.31. The molecule has 0 atom stereocenters. The third kappa shape index (κ3) is 3.23. The van der Waals surface area contributed by atoms with E-state index in [0.29, 0.717) is 21.9 Å². The lowest BCUT2D eigenvalue weighted by molar-refractivity contribution is 0.473. The molecule has 0 bridgehead atoms. The summed E-state index contributed by atoms with van der Waals surface area (Å²) in [5.74, 6) is 0.453. The maximum Gasteiger partial charge on any atom is 0.131 e. The topological polar surface area (TPSA) is 56.0 Å². The van der Waals surface area contributed by atoms with Gasteiger partial charge in [-0.05, 0) is 36.4 Å². The van der Waals surface area contributed by atoms with Gasteiger partial charge in [-0.15, -0.1) is 0 Å². The minimum absolute atomic E-state index is 0.359. The van der Waals surface area contributed by atoms with Crippen molar-refractivity contribution in [2.24, 2.45) is 0 Å². The fraction of sp³-hybridized carbons (Fsp3) is 0.0952. The standard InChI is InChI=1S/C21H19ClFN5/c1-12-14(15-10-13(22)4-5-16(15)23)11-19(21(26-12)28(2)3)27-18-7-8-24-17-6-9-25-20(17)18/h4-11,25-26H,1H2,2-3H3,(H,24,27). The van der Waals surface area contributed by atoms with Crippen LogP contribution in [-0.2, 0) is 0 Å². The minimum Gasteiger partial charge on any atom is -0.363 e. The Kier molecular flexibility index (Phi) is 4.57. The highest BCUT2D eigenvalue weighted by molar-refractivity contribution is 6.30. The summed E-state index contributed by atoms with van der Waals surface area (Å²) < 4.78 is 14.5. The maximum absolute atomic E-state index is 14.5. The number of pyridine rings is 1. The van der Waals surface area contributed by atoms with Crippen molar-refractivity contribution in [2.45, 2.75) is 0 Å². The monoisotopic (exact) mass is 395 g/mol. The lowest BCUT2D eigenvalue weighted by Gasteiger charge is -2.29. The molecule has 28 heavy (non-hydrogen) atoms. The van der Waals surface area contributed by atoms with Crippen LogP contribution in [0.5, 0.6) is 0 Å². The van der Waals surface area contributed by atoms with Crippen molar-refractivity contribution in [1.82, 2.24) is 20.2 Å². The number of rotatable bonds is 4. The molecule has 142 valence electrons. The predicted molar refractivity (Wildman–Crippen MR) is 112 cm³/mol. The van der Waals surface area contributed by atoms with E-state index in [9.17, 15) is 4.39 Å². The molecule has 1 aromatic carbocycles. The van der Waals surface area contributed by atoms with E-state index in [-0.39, 0.29) is 5.82 Å². The Morgan fingerprint density at radius 2 is 2.04 bits per heavy atom. The summed E-state index contributed by atoms with van der Waals surface area (Å²) in [6, 6.07) is 8.28. The number of fused-ring (bicyclic) bond motifs is 1. The molecule has 0 radical (unpaired) electrons. The molecular weight excluding hydrogens is 377 g/mol. The lowest BCUT2D eigenvalue weighted by atomic mass is 9.99. The van der Waals surface area contributed by atoms with Crippen molar-refractivity contribution in [3.05, 3.63) is 89.0 Å². The zero-order valence-electron chi connectivity index (χ0n) is 15.5. The van der Waals surface area contributed by atoms with Crippen molar-refractivity contribution in [3.63, 3.8) is 0 Å². The van der Waals surface area contributed by atoms with E-state index in [0.717, 1.165) is 28.2 Å². The molecule has 5 nitrogen and oxygen atoms in total. The molecule has 0 saturated carbocycles. The summed E-state index contributed by atoms with van der Waals surface area (Å²) in [6.07, 6.45) is 5.45. The zero-order chi connectivity index (χ0) is 19.8. The van der Waals surface area contributed by atoms with Gasteiger partial charge in [-0.25, -0.2) is 4.39 Å². The van der Waals surface area contributed by atoms with Gasteiger partial charge in [0, 0.05) is 48.3 Å². The Balaban J connectivity index is 1.83. The van der Waals surface area contributed by atoms with Gasteiger partial charge < -0.3 is 20.5 Å². The normalized spacial score (nSPS) is 14.1. The van der Waals surface area contributed by atoms with E-state index < -0.39 is 0 Å². The average Bonchev–Trinajstić information content (AvgIpc) is 3.14. The third-order valence-electron chi connectivity index (χ3n) is 4.52. The van der Waals surface area contributed by atoms with Crippen LogP contribution in [0.4, 0.5) is 10.1 Å². The molecule has 7 heteroatoms. The van der Waals surface area contributed by atoms with Gasteiger partial charge in [0.1, 0.15) is 11.6 Å². The van der Waals surface area contributed by atoms with Gasteiger partial charge in [0.05, 0.1) is 22.4 Å². The molecular formula is C21H19ClFN5. The molecule has 3 N–H and O–H groups in total.